The molecule has 0 unspecified atom stereocenters. The van der Waals surface area contributed by atoms with Crippen LogP contribution in [0.3, 0.4) is 0 Å². The molecular formula is C28H19Cl2FN4O3. The molecule has 5 rings (SSSR count). The molecule has 0 saturated heterocycles. The van der Waals surface area contributed by atoms with Crippen LogP contribution in [0, 0.1) is 12.7 Å². The van der Waals surface area contributed by atoms with E-state index in [4.69, 9.17) is 27.9 Å². The van der Waals surface area contributed by atoms with Crippen molar-refractivity contribution in [2.24, 2.45) is 4.99 Å². The minimum Gasteiger partial charge on any atom is -0.467 e. The molecule has 0 radical (unpaired) electrons. The number of nitrogens with one attached hydrogen (secondary N) is 1. The first kappa shape index (κ1) is 25.4. The van der Waals surface area contributed by atoms with E-state index >= 15 is 0 Å². The van der Waals surface area contributed by atoms with Crippen LogP contribution in [0.15, 0.2) is 83.5 Å². The molecule has 3 aromatic carbocycles. The maximum absolute atomic E-state index is 13.8. The highest BCUT2D eigenvalue weighted by atomic mass is 35.5. The number of nitrogens with zero attached hydrogens (tertiary/aromatic N) is 3. The van der Waals surface area contributed by atoms with Crippen molar-refractivity contribution in [3.8, 4) is 5.88 Å². The van der Waals surface area contributed by atoms with E-state index in [-0.39, 0.29) is 22.4 Å². The van der Waals surface area contributed by atoms with Gasteiger partial charge in [0, 0.05) is 22.0 Å². The van der Waals surface area contributed by atoms with Gasteiger partial charge < -0.3 is 4.74 Å². The Balaban J connectivity index is 1.36. The van der Waals surface area contributed by atoms with Crippen LogP contribution in [-0.2, 0) is 9.59 Å². The molecule has 1 aliphatic heterocycles. The third-order valence-electron chi connectivity index (χ3n) is 5.71. The average Bonchev–Trinajstić information content (AvgIpc) is 3.20. The van der Waals surface area contributed by atoms with Crippen molar-refractivity contribution in [1.29, 1.82) is 0 Å². The molecule has 1 N–H and O–H groups in total. The summed E-state index contributed by atoms with van der Waals surface area (Å²) < 4.78 is 19.4. The van der Waals surface area contributed by atoms with Gasteiger partial charge in [0.2, 0.25) is 5.88 Å². The summed E-state index contributed by atoms with van der Waals surface area (Å²) in [6, 6.07) is 20.3. The highest BCUT2D eigenvalue weighted by Gasteiger charge is 2.33. The first-order chi connectivity index (χ1) is 18.3. The second-order valence-electron chi connectivity index (χ2n) is 8.38. The Kier molecular flexibility index (Phi) is 7.09. The number of halogens is 3. The monoisotopic (exact) mass is 548 g/mol. The predicted octanol–water partition coefficient (Wildman–Crippen LogP) is 5.73. The highest BCUT2D eigenvalue weighted by Crippen LogP contribution is 2.27. The number of benzene rings is 3. The molecule has 10 heteroatoms. The average molecular weight is 549 g/mol. The van der Waals surface area contributed by atoms with E-state index in [0.29, 0.717) is 32.6 Å². The van der Waals surface area contributed by atoms with Crippen molar-refractivity contribution in [3.05, 3.63) is 111 Å². The van der Waals surface area contributed by atoms with E-state index in [1.54, 1.807) is 67.6 Å². The van der Waals surface area contributed by atoms with Gasteiger partial charge in [-0.05, 0) is 42.3 Å². The molecule has 1 aliphatic rings. The van der Waals surface area contributed by atoms with Crippen molar-refractivity contribution in [3.63, 3.8) is 0 Å². The standard InChI is InChI=1S/C28H19Cl2FN4O3/c1-16-11-26(32-23-14-21(30)22(31)13-19(16)23)38-15-25(36)34-35-27(17-7-3-2-4-8-17)33-24(28(35)37)12-18-9-5-6-10-20(18)29/h2-14H,15H2,1H3,(H,34,36). The number of rotatable bonds is 6. The Bertz CT molecular complexity index is 1640. The lowest BCUT2D eigenvalue weighted by Gasteiger charge is -2.19. The van der Waals surface area contributed by atoms with Crippen LogP contribution >= 0.6 is 23.2 Å². The van der Waals surface area contributed by atoms with E-state index < -0.39 is 24.2 Å². The maximum atomic E-state index is 13.8. The van der Waals surface area contributed by atoms with Gasteiger partial charge in [-0.15, -0.1) is 0 Å². The summed E-state index contributed by atoms with van der Waals surface area (Å²) in [6.07, 6.45) is 1.56. The number of fused-ring (bicyclic) bond motifs is 1. The SMILES string of the molecule is Cc1cc(OCC(=O)NN2C(=O)C(=Cc3ccccc3Cl)N=C2c2ccccc2)nc2cc(Cl)c(F)cc12. The number of aliphatic imine (C=N–C) groups is 1. The second kappa shape index (κ2) is 10.6. The summed E-state index contributed by atoms with van der Waals surface area (Å²) in [4.78, 5) is 34.9. The van der Waals surface area contributed by atoms with Crippen molar-refractivity contribution < 1.29 is 18.7 Å². The summed E-state index contributed by atoms with van der Waals surface area (Å²) >= 11 is 12.1. The number of hydrazine groups is 1. The molecule has 7 nitrogen and oxygen atoms in total. The Morgan fingerprint density at radius 3 is 2.55 bits per heavy atom. The first-order valence-corrected chi connectivity index (χ1v) is 12.2. The quantitative estimate of drug-likeness (QED) is 0.312. The Hall–Kier alpha value is -4.27. The summed E-state index contributed by atoms with van der Waals surface area (Å²) in [5, 5.41) is 2.04. The minimum atomic E-state index is -0.613. The van der Waals surface area contributed by atoms with Gasteiger partial charge in [-0.3, -0.25) is 15.0 Å². The fourth-order valence-corrected chi connectivity index (χ4v) is 4.22. The number of aryl methyl sites for hydroxylation is 1. The van der Waals surface area contributed by atoms with Crippen molar-refractivity contribution in [1.82, 2.24) is 15.4 Å². The van der Waals surface area contributed by atoms with Gasteiger partial charge in [-0.25, -0.2) is 14.4 Å². The molecule has 4 aromatic rings. The molecule has 190 valence electrons. The van der Waals surface area contributed by atoms with E-state index in [9.17, 15) is 14.0 Å². The summed E-state index contributed by atoms with van der Waals surface area (Å²) in [7, 11) is 0. The molecule has 38 heavy (non-hydrogen) atoms. The zero-order valence-electron chi connectivity index (χ0n) is 19.9. The fourth-order valence-electron chi connectivity index (χ4n) is 3.87. The molecule has 2 heterocycles. The Labute approximate surface area is 227 Å². The van der Waals surface area contributed by atoms with E-state index in [1.807, 2.05) is 6.07 Å². The summed E-state index contributed by atoms with van der Waals surface area (Å²) in [6.45, 7) is 1.32. The number of amides is 2. The third-order valence-corrected chi connectivity index (χ3v) is 6.35. The van der Waals surface area contributed by atoms with Gasteiger partial charge in [0.1, 0.15) is 11.5 Å². The van der Waals surface area contributed by atoms with Crippen LogP contribution in [0.5, 0.6) is 5.88 Å². The zero-order valence-corrected chi connectivity index (χ0v) is 21.4. The molecule has 1 aromatic heterocycles. The Morgan fingerprint density at radius 1 is 1.05 bits per heavy atom. The van der Waals surface area contributed by atoms with Crippen LogP contribution in [-0.4, -0.2) is 34.2 Å². The van der Waals surface area contributed by atoms with Crippen LogP contribution < -0.4 is 10.2 Å². The zero-order chi connectivity index (χ0) is 26.8. The van der Waals surface area contributed by atoms with Crippen LogP contribution in [0.4, 0.5) is 4.39 Å². The predicted molar refractivity (Wildman–Crippen MR) is 144 cm³/mol. The third kappa shape index (κ3) is 5.22. The molecule has 0 fully saturated rings. The lowest BCUT2D eigenvalue weighted by atomic mass is 10.1. The largest absolute Gasteiger partial charge is 0.467 e. The molecule has 0 saturated carbocycles. The van der Waals surface area contributed by atoms with E-state index in [2.05, 4.69) is 15.4 Å². The number of aromatic nitrogens is 1. The second-order valence-corrected chi connectivity index (χ2v) is 9.19. The normalized spacial score (nSPS) is 14.2. The molecule has 0 spiro atoms. The van der Waals surface area contributed by atoms with Crippen molar-refractivity contribution in [2.75, 3.05) is 6.61 Å². The van der Waals surface area contributed by atoms with Gasteiger partial charge in [0.15, 0.2) is 12.4 Å². The van der Waals surface area contributed by atoms with Crippen molar-refractivity contribution >= 4 is 57.8 Å². The first-order valence-electron chi connectivity index (χ1n) is 11.4. The van der Waals surface area contributed by atoms with Crippen LogP contribution in [0.2, 0.25) is 10.0 Å². The number of amidine groups is 1. The molecular weight excluding hydrogens is 530 g/mol. The lowest BCUT2D eigenvalue weighted by molar-refractivity contribution is -0.134. The lowest BCUT2D eigenvalue weighted by Crippen LogP contribution is -2.49. The van der Waals surface area contributed by atoms with E-state index in [0.717, 1.165) is 5.01 Å². The number of carbonyl (C=O) groups is 2. The molecule has 0 bridgehead atoms. The minimum absolute atomic E-state index is 0.0692. The molecule has 0 atom stereocenters. The van der Waals surface area contributed by atoms with Gasteiger partial charge in [-0.1, -0.05) is 71.7 Å². The van der Waals surface area contributed by atoms with Gasteiger partial charge in [0.05, 0.1) is 10.5 Å². The number of hydrogen-bond acceptors (Lipinski definition) is 5. The maximum Gasteiger partial charge on any atom is 0.297 e. The topological polar surface area (TPSA) is 83.9 Å². The smallest absolute Gasteiger partial charge is 0.297 e. The number of ether oxygens (including phenoxy) is 1. The van der Waals surface area contributed by atoms with Crippen LogP contribution in [0.25, 0.3) is 17.0 Å². The molecule has 0 aliphatic carbocycles. The fraction of sp³-hybridized carbons (Fsp3) is 0.0714. The number of carbonyl (C=O) groups excluding carboxylic acids is 2. The number of pyridine rings is 1. The van der Waals surface area contributed by atoms with Gasteiger partial charge in [-0.2, -0.15) is 5.01 Å². The van der Waals surface area contributed by atoms with Crippen molar-refractivity contribution in [2.45, 2.75) is 6.92 Å². The van der Waals surface area contributed by atoms with Crippen LogP contribution in [0.1, 0.15) is 16.7 Å². The molecule has 2 amide bonds. The van der Waals surface area contributed by atoms with Gasteiger partial charge >= 0.3 is 0 Å². The summed E-state index contributed by atoms with van der Waals surface area (Å²) in [5.74, 6) is -1.30. The Morgan fingerprint density at radius 2 is 1.79 bits per heavy atom. The van der Waals surface area contributed by atoms with E-state index in [1.165, 1.54) is 12.1 Å². The highest BCUT2D eigenvalue weighted by molar-refractivity contribution is 6.32. The summed E-state index contributed by atoms with van der Waals surface area (Å²) in [5.41, 5.74) is 5.03. The number of hydrogen-bond donors (Lipinski definition) is 1. The van der Waals surface area contributed by atoms with Gasteiger partial charge in [0.25, 0.3) is 11.8 Å².